The van der Waals surface area contributed by atoms with E-state index in [0.29, 0.717) is 0 Å². The van der Waals surface area contributed by atoms with Gasteiger partial charge in [-0.3, -0.25) is 4.79 Å². The summed E-state index contributed by atoms with van der Waals surface area (Å²) >= 11 is 0. The van der Waals surface area contributed by atoms with Crippen molar-refractivity contribution < 1.29 is 18.7 Å². The van der Waals surface area contributed by atoms with Crippen molar-refractivity contribution in [3.63, 3.8) is 0 Å². The van der Waals surface area contributed by atoms with Crippen LogP contribution in [-0.4, -0.2) is 44.7 Å². The number of likely N-dealkylation sites (tertiary alicyclic amines) is 1. The fraction of sp³-hybridized carbons (Fsp3) is 0.500. The minimum atomic E-state index is -0.261. The van der Waals surface area contributed by atoms with E-state index in [-0.39, 0.29) is 29.6 Å². The Hall–Kier alpha value is -2.60. The number of benzene rings is 2. The zero-order chi connectivity index (χ0) is 23.1. The highest BCUT2D eigenvalue weighted by atomic mass is 19.1. The Labute approximate surface area is 190 Å². The molecule has 1 aliphatic heterocycles. The molecule has 6 heteroatoms. The van der Waals surface area contributed by atoms with Gasteiger partial charge < -0.3 is 19.7 Å². The third-order valence-corrected chi connectivity index (χ3v) is 6.32. The fourth-order valence-corrected chi connectivity index (χ4v) is 4.32. The van der Waals surface area contributed by atoms with E-state index in [0.717, 1.165) is 56.0 Å². The van der Waals surface area contributed by atoms with E-state index < -0.39 is 0 Å². The van der Waals surface area contributed by atoms with Gasteiger partial charge in [-0.2, -0.15) is 0 Å². The average Bonchev–Trinajstić information content (AvgIpc) is 2.81. The number of ether oxygens (including phenoxy) is 2. The van der Waals surface area contributed by atoms with Crippen LogP contribution in [0.15, 0.2) is 42.5 Å². The van der Waals surface area contributed by atoms with Crippen LogP contribution in [0.25, 0.3) is 0 Å². The van der Waals surface area contributed by atoms with Crippen LogP contribution < -0.4 is 14.8 Å². The summed E-state index contributed by atoms with van der Waals surface area (Å²) in [7, 11) is 3.29. The number of hydrogen-bond acceptors (Lipinski definition) is 4. The summed E-state index contributed by atoms with van der Waals surface area (Å²) in [5.74, 6) is 1.58. The largest absolute Gasteiger partial charge is 0.493 e. The van der Waals surface area contributed by atoms with Crippen molar-refractivity contribution in [2.45, 2.75) is 39.2 Å². The number of carbonyl (C=O) groups is 1. The topological polar surface area (TPSA) is 50.8 Å². The maximum absolute atomic E-state index is 13.3. The molecule has 1 amide bonds. The van der Waals surface area contributed by atoms with Gasteiger partial charge >= 0.3 is 0 Å². The Kier molecular flexibility index (Phi) is 8.51. The van der Waals surface area contributed by atoms with Gasteiger partial charge in [-0.05, 0) is 73.7 Å². The lowest BCUT2D eigenvalue weighted by Gasteiger charge is -2.33. The smallest absolute Gasteiger partial charge is 0.223 e. The van der Waals surface area contributed by atoms with Gasteiger partial charge in [0.15, 0.2) is 11.5 Å². The molecule has 5 nitrogen and oxygen atoms in total. The first kappa shape index (κ1) is 24.1. The minimum Gasteiger partial charge on any atom is -0.493 e. The second kappa shape index (κ2) is 11.3. The molecule has 0 radical (unpaired) electrons. The highest BCUT2D eigenvalue weighted by molar-refractivity contribution is 5.79. The molecule has 2 aromatic carbocycles. The molecule has 0 aromatic heterocycles. The van der Waals surface area contributed by atoms with Gasteiger partial charge in [0.2, 0.25) is 5.91 Å². The van der Waals surface area contributed by atoms with Crippen molar-refractivity contribution >= 4 is 5.91 Å². The predicted octanol–water partition coefficient (Wildman–Crippen LogP) is 4.61. The molecule has 1 N–H and O–H groups in total. The van der Waals surface area contributed by atoms with Gasteiger partial charge in [-0.25, -0.2) is 4.39 Å². The van der Waals surface area contributed by atoms with Crippen molar-refractivity contribution in [3.05, 3.63) is 59.4 Å². The number of amides is 1. The Morgan fingerprint density at radius 3 is 2.31 bits per heavy atom. The van der Waals surface area contributed by atoms with E-state index in [1.165, 1.54) is 17.7 Å². The van der Waals surface area contributed by atoms with Crippen molar-refractivity contribution in [3.8, 4) is 11.5 Å². The van der Waals surface area contributed by atoms with Gasteiger partial charge in [-0.15, -0.1) is 0 Å². The van der Waals surface area contributed by atoms with Gasteiger partial charge in [0, 0.05) is 12.5 Å². The Morgan fingerprint density at radius 2 is 1.72 bits per heavy atom. The van der Waals surface area contributed by atoms with Crippen LogP contribution in [0.3, 0.4) is 0 Å². The van der Waals surface area contributed by atoms with Crippen LogP contribution in [0.1, 0.15) is 43.9 Å². The Morgan fingerprint density at radius 1 is 1.06 bits per heavy atom. The first-order valence-corrected chi connectivity index (χ1v) is 11.4. The molecule has 1 aliphatic rings. The third kappa shape index (κ3) is 6.22. The maximum atomic E-state index is 13.3. The predicted molar refractivity (Wildman–Crippen MR) is 125 cm³/mol. The quantitative estimate of drug-likeness (QED) is 0.616. The number of piperidine rings is 1. The molecule has 0 saturated carbocycles. The fourth-order valence-electron chi connectivity index (χ4n) is 4.32. The summed E-state index contributed by atoms with van der Waals surface area (Å²) in [4.78, 5) is 15.4. The van der Waals surface area contributed by atoms with E-state index in [4.69, 9.17) is 9.47 Å². The van der Waals surface area contributed by atoms with Crippen LogP contribution in [-0.2, 0) is 11.2 Å². The van der Waals surface area contributed by atoms with Crippen molar-refractivity contribution in [1.29, 1.82) is 0 Å². The van der Waals surface area contributed by atoms with Crippen LogP contribution in [0.4, 0.5) is 4.39 Å². The molecule has 3 rings (SSSR count). The monoisotopic (exact) mass is 442 g/mol. The molecular weight excluding hydrogens is 407 g/mol. The van der Waals surface area contributed by atoms with Crippen LogP contribution in [0, 0.1) is 17.7 Å². The molecular formula is C26H35FN2O3. The van der Waals surface area contributed by atoms with Crippen molar-refractivity contribution in [2.75, 3.05) is 33.9 Å². The molecule has 0 aliphatic carbocycles. The zero-order valence-corrected chi connectivity index (χ0v) is 19.6. The molecule has 32 heavy (non-hydrogen) atoms. The Bertz CT molecular complexity index is 877. The highest BCUT2D eigenvalue weighted by Gasteiger charge is 2.27. The molecule has 2 aromatic rings. The SMILES string of the molecule is COc1ccc(CCN2CCC(C(=O)N[C@@H](c3ccc(F)cc3)C(C)C)CC2)cc1OC. The van der Waals surface area contributed by atoms with Gasteiger partial charge in [0.05, 0.1) is 20.3 Å². The number of nitrogens with zero attached hydrogens (tertiary/aromatic N) is 1. The molecule has 0 spiro atoms. The lowest BCUT2D eigenvalue weighted by Crippen LogP contribution is -2.42. The Balaban J connectivity index is 1.49. The van der Waals surface area contributed by atoms with Crippen LogP contribution in [0.2, 0.25) is 0 Å². The van der Waals surface area contributed by atoms with Crippen molar-refractivity contribution in [1.82, 2.24) is 10.2 Å². The maximum Gasteiger partial charge on any atom is 0.223 e. The third-order valence-electron chi connectivity index (χ3n) is 6.32. The van der Waals surface area contributed by atoms with Crippen molar-refractivity contribution in [2.24, 2.45) is 11.8 Å². The summed E-state index contributed by atoms with van der Waals surface area (Å²) in [5.41, 5.74) is 2.16. The molecule has 1 fully saturated rings. The molecule has 1 saturated heterocycles. The standard InChI is InChI=1S/C26H35FN2O3/c1-18(2)25(20-6-8-22(27)9-7-20)28-26(30)21-12-15-29(16-13-21)14-11-19-5-10-23(31-3)24(17-19)32-4/h5-10,17-18,21,25H,11-16H2,1-4H3,(H,28,30)/t25-/m1/s1. The minimum absolute atomic E-state index is 0.0222. The van der Waals surface area contributed by atoms with E-state index in [1.54, 1.807) is 26.4 Å². The number of hydrogen-bond donors (Lipinski definition) is 1. The summed E-state index contributed by atoms with van der Waals surface area (Å²) in [6, 6.07) is 12.4. The average molecular weight is 443 g/mol. The summed E-state index contributed by atoms with van der Waals surface area (Å²) in [6.45, 7) is 6.92. The molecule has 0 bridgehead atoms. The van der Waals surface area contributed by atoms with Gasteiger partial charge in [-0.1, -0.05) is 32.0 Å². The number of halogens is 1. The lowest BCUT2D eigenvalue weighted by molar-refractivity contribution is -0.127. The summed E-state index contributed by atoms with van der Waals surface area (Å²) in [6.07, 6.45) is 2.63. The van der Waals surface area contributed by atoms with E-state index in [2.05, 4.69) is 30.1 Å². The normalized spacial score (nSPS) is 16.1. The van der Waals surface area contributed by atoms with Crippen LogP contribution in [0.5, 0.6) is 11.5 Å². The number of carbonyl (C=O) groups excluding carboxylic acids is 1. The molecule has 1 atom stereocenters. The number of rotatable bonds is 9. The second-order valence-electron chi connectivity index (χ2n) is 8.84. The molecule has 1 heterocycles. The van der Waals surface area contributed by atoms with Gasteiger partial charge in [0.25, 0.3) is 0 Å². The first-order valence-electron chi connectivity index (χ1n) is 11.4. The molecule has 0 unspecified atom stereocenters. The first-order chi connectivity index (χ1) is 15.4. The van der Waals surface area contributed by atoms with E-state index in [1.807, 2.05) is 12.1 Å². The zero-order valence-electron chi connectivity index (χ0n) is 19.6. The second-order valence-corrected chi connectivity index (χ2v) is 8.84. The van der Waals surface area contributed by atoms with Gasteiger partial charge in [0.1, 0.15) is 5.82 Å². The lowest BCUT2D eigenvalue weighted by atomic mass is 9.92. The molecule has 174 valence electrons. The van der Waals surface area contributed by atoms with E-state index >= 15 is 0 Å². The summed E-state index contributed by atoms with van der Waals surface area (Å²) in [5, 5.41) is 3.21. The number of nitrogens with one attached hydrogen (secondary N) is 1. The van der Waals surface area contributed by atoms with E-state index in [9.17, 15) is 9.18 Å². The number of methoxy groups -OCH3 is 2. The summed E-state index contributed by atoms with van der Waals surface area (Å²) < 4.78 is 24.0. The van der Waals surface area contributed by atoms with Crippen LogP contribution >= 0.6 is 0 Å². The highest BCUT2D eigenvalue weighted by Crippen LogP contribution is 2.28.